The Balaban J connectivity index is 1.72. The van der Waals surface area contributed by atoms with Crippen molar-refractivity contribution in [1.29, 1.82) is 0 Å². The maximum atomic E-state index is 12.6. The summed E-state index contributed by atoms with van der Waals surface area (Å²) in [4.78, 5) is 29.1. The molecule has 0 unspecified atom stereocenters. The lowest BCUT2D eigenvalue weighted by Crippen LogP contribution is -2.44. The van der Waals surface area contributed by atoms with E-state index < -0.39 is 0 Å². The molecule has 3 rings (SSSR count). The minimum Gasteiger partial charge on any atom is -0.340 e. The summed E-state index contributed by atoms with van der Waals surface area (Å²) in [5.41, 5.74) is 1.63. The fraction of sp³-hybridized carbons (Fsp3) is 0.438. The predicted molar refractivity (Wildman–Crippen MR) is 87.8 cm³/mol. The molecule has 1 aromatic heterocycles. The Labute approximate surface area is 144 Å². The molecule has 9 nitrogen and oxygen atoms in total. The molecule has 0 radical (unpaired) electrons. The first-order valence-corrected chi connectivity index (χ1v) is 8.10. The quantitative estimate of drug-likeness (QED) is 0.672. The van der Waals surface area contributed by atoms with Crippen LogP contribution >= 0.6 is 0 Å². The van der Waals surface area contributed by atoms with Crippen LogP contribution in [0.1, 0.15) is 42.2 Å². The second kappa shape index (κ2) is 6.88. The molecule has 132 valence electrons. The Kier molecular flexibility index (Phi) is 4.64. The van der Waals surface area contributed by atoms with E-state index in [-0.39, 0.29) is 22.7 Å². The van der Waals surface area contributed by atoms with Gasteiger partial charge in [0.15, 0.2) is 5.82 Å². The second-order valence-corrected chi connectivity index (χ2v) is 5.93. The number of amides is 2. The van der Waals surface area contributed by atoms with Crippen LogP contribution in [0.5, 0.6) is 0 Å². The smallest absolute Gasteiger partial charge is 0.318 e. The standard InChI is InChI=1S/C16H19N5O4/c1-3-13(15-17-10(2)25-19-15)18-16(22)20-8-7-12-11(9-20)5-4-6-14(12)21(23)24/h4-6,13H,3,7-9H2,1-2H3,(H,18,22)/t13-/m1/s1. The van der Waals surface area contributed by atoms with E-state index in [2.05, 4.69) is 15.5 Å². The van der Waals surface area contributed by atoms with Gasteiger partial charge in [-0.1, -0.05) is 24.2 Å². The van der Waals surface area contributed by atoms with E-state index in [4.69, 9.17) is 4.52 Å². The van der Waals surface area contributed by atoms with Crippen molar-refractivity contribution in [3.8, 4) is 0 Å². The van der Waals surface area contributed by atoms with Gasteiger partial charge in [-0.3, -0.25) is 10.1 Å². The molecule has 2 aromatic rings. The summed E-state index contributed by atoms with van der Waals surface area (Å²) >= 11 is 0. The molecule has 1 aromatic carbocycles. The predicted octanol–water partition coefficient (Wildman–Crippen LogP) is 2.51. The van der Waals surface area contributed by atoms with E-state index in [0.717, 1.165) is 5.56 Å². The van der Waals surface area contributed by atoms with E-state index in [1.807, 2.05) is 13.0 Å². The molecule has 0 spiro atoms. The molecule has 0 saturated heterocycles. The normalized spacial score (nSPS) is 14.7. The minimum atomic E-state index is -0.375. The summed E-state index contributed by atoms with van der Waals surface area (Å²) in [6.07, 6.45) is 1.08. The van der Waals surface area contributed by atoms with Crippen LogP contribution in [0.15, 0.2) is 22.7 Å². The first-order valence-electron chi connectivity index (χ1n) is 8.10. The Morgan fingerprint density at radius 1 is 1.52 bits per heavy atom. The van der Waals surface area contributed by atoms with Crippen molar-refractivity contribution in [2.24, 2.45) is 0 Å². The summed E-state index contributed by atoms with van der Waals surface area (Å²) in [5, 5.41) is 17.9. The van der Waals surface area contributed by atoms with Gasteiger partial charge in [-0.05, 0) is 18.4 Å². The highest BCUT2D eigenvalue weighted by molar-refractivity contribution is 5.75. The molecule has 1 aliphatic rings. The van der Waals surface area contributed by atoms with Gasteiger partial charge in [-0.25, -0.2) is 4.79 Å². The molecule has 2 heterocycles. The first-order chi connectivity index (χ1) is 12.0. The summed E-state index contributed by atoms with van der Waals surface area (Å²) < 4.78 is 4.97. The number of hydrogen-bond donors (Lipinski definition) is 1. The van der Waals surface area contributed by atoms with E-state index in [1.54, 1.807) is 17.9 Å². The number of carbonyl (C=O) groups excluding carboxylic acids is 1. The van der Waals surface area contributed by atoms with Crippen LogP contribution in [0.2, 0.25) is 0 Å². The number of nitro benzene ring substituents is 1. The summed E-state index contributed by atoms with van der Waals surface area (Å²) in [6.45, 7) is 4.38. The summed E-state index contributed by atoms with van der Waals surface area (Å²) in [5.74, 6) is 0.892. The van der Waals surface area contributed by atoms with Crippen molar-refractivity contribution in [2.75, 3.05) is 6.54 Å². The summed E-state index contributed by atoms with van der Waals surface area (Å²) in [6, 6.07) is 4.39. The van der Waals surface area contributed by atoms with Gasteiger partial charge >= 0.3 is 6.03 Å². The van der Waals surface area contributed by atoms with Gasteiger partial charge in [-0.2, -0.15) is 4.98 Å². The van der Waals surface area contributed by atoms with Crippen LogP contribution in [0, 0.1) is 17.0 Å². The number of nitro groups is 1. The molecular weight excluding hydrogens is 326 g/mol. The minimum absolute atomic E-state index is 0.117. The van der Waals surface area contributed by atoms with E-state index in [1.165, 1.54) is 6.07 Å². The number of fused-ring (bicyclic) bond motifs is 1. The first kappa shape index (κ1) is 16.9. The van der Waals surface area contributed by atoms with Crippen LogP contribution in [0.4, 0.5) is 10.5 Å². The Hall–Kier alpha value is -2.97. The van der Waals surface area contributed by atoms with Gasteiger partial charge in [-0.15, -0.1) is 0 Å². The zero-order valence-corrected chi connectivity index (χ0v) is 14.1. The monoisotopic (exact) mass is 345 g/mol. The maximum absolute atomic E-state index is 12.6. The van der Waals surface area contributed by atoms with Gasteiger partial charge in [0.2, 0.25) is 5.89 Å². The van der Waals surface area contributed by atoms with Crippen LogP contribution < -0.4 is 5.32 Å². The number of nitrogens with zero attached hydrogens (tertiary/aromatic N) is 4. The molecule has 1 aliphatic heterocycles. The van der Waals surface area contributed by atoms with Crippen LogP contribution in [0.3, 0.4) is 0 Å². The second-order valence-electron chi connectivity index (χ2n) is 5.93. The number of nitrogens with one attached hydrogen (secondary N) is 1. The average Bonchev–Trinajstić information content (AvgIpc) is 3.04. The van der Waals surface area contributed by atoms with Gasteiger partial charge in [0.1, 0.15) is 0 Å². The molecule has 0 aliphatic carbocycles. The Morgan fingerprint density at radius 2 is 2.32 bits per heavy atom. The van der Waals surface area contributed by atoms with E-state index in [9.17, 15) is 14.9 Å². The molecule has 9 heteroatoms. The van der Waals surface area contributed by atoms with Crippen LogP contribution in [-0.2, 0) is 13.0 Å². The summed E-state index contributed by atoms with van der Waals surface area (Å²) in [7, 11) is 0. The number of urea groups is 1. The van der Waals surface area contributed by atoms with Crippen molar-refractivity contribution in [3.63, 3.8) is 0 Å². The highest BCUT2D eigenvalue weighted by Gasteiger charge is 2.28. The van der Waals surface area contributed by atoms with E-state index >= 15 is 0 Å². The fourth-order valence-electron chi connectivity index (χ4n) is 2.98. The molecule has 0 saturated carbocycles. The number of aryl methyl sites for hydroxylation is 1. The SMILES string of the molecule is CC[C@@H](NC(=O)N1CCc2c(cccc2[N+](=O)[O-])C1)c1noc(C)n1. The Bertz CT molecular complexity index is 804. The molecule has 1 atom stereocenters. The zero-order chi connectivity index (χ0) is 18.0. The average molecular weight is 345 g/mol. The van der Waals surface area contributed by atoms with Gasteiger partial charge in [0, 0.05) is 31.6 Å². The van der Waals surface area contributed by atoms with Crippen molar-refractivity contribution < 1.29 is 14.2 Å². The number of carbonyl (C=O) groups is 1. The van der Waals surface area contributed by atoms with Crippen LogP contribution in [0.25, 0.3) is 0 Å². The highest BCUT2D eigenvalue weighted by atomic mass is 16.6. The maximum Gasteiger partial charge on any atom is 0.318 e. The number of benzene rings is 1. The number of rotatable bonds is 4. The van der Waals surface area contributed by atoms with Gasteiger partial charge in [0.05, 0.1) is 11.0 Å². The third kappa shape index (κ3) is 3.44. The fourth-order valence-corrected chi connectivity index (χ4v) is 2.98. The largest absolute Gasteiger partial charge is 0.340 e. The third-order valence-electron chi connectivity index (χ3n) is 4.29. The molecule has 0 bridgehead atoms. The molecule has 25 heavy (non-hydrogen) atoms. The topological polar surface area (TPSA) is 114 Å². The molecular formula is C16H19N5O4. The number of hydrogen-bond acceptors (Lipinski definition) is 6. The van der Waals surface area contributed by atoms with Gasteiger partial charge in [0.25, 0.3) is 5.69 Å². The van der Waals surface area contributed by atoms with E-state index in [0.29, 0.717) is 43.2 Å². The lowest BCUT2D eigenvalue weighted by atomic mass is 9.98. The Morgan fingerprint density at radius 3 is 2.96 bits per heavy atom. The van der Waals surface area contributed by atoms with Crippen molar-refractivity contribution >= 4 is 11.7 Å². The zero-order valence-electron chi connectivity index (χ0n) is 14.1. The molecule has 2 amide bonds. The van der Waals surface area contributed by atoms with Crippen molar-refractivity contribution in [1.82, 2.24) is 20.4 Å². The van der Waals surface area contributed by atoms with Crippen molar-refractivity contribution in [3.05, 3.63) is 51.2 Å². The highest BCUT2D eigenvalue weighted by Crippen LogP contribution is 2.28. The molecule has 0 fully saturated rings. The third-order valence-corrected chi connectivity index (χ3v) is 4.29. The van der Waals surface area contributed by atoms with Crippen LogP contribution in [-0.4, -0.2) is 32.5 Å². The lowest BCUT2D eigenvalue weighted by Gasteiger charge is -2.29. The molecule has 1 N–H and O–H groups in total. The number of aromatic nitrogens is 2. The van der Waals surface area contributed by atoms with Gasteiger partial charge < -0.3 is 14.7 Å². The lowest BCUT2D eigenvalue weighted by molar-refractivity contribution is -0.385. The van der Waals surface area contributed by atoms with Crippen molar-refractivity contribution in [2.45, 2.75) is 39.3 Å².